The molecule has 1 amide bonds. The Kier molecular flexibility index (Phi) is 6.72. The fourth-order valence-corrected chi connectivity index (χ4v) is 2.86. The van der Waals surface area contributed by atoms with Crippen molar-refractivity contribution in [1.82, 2.24) is 10.2 Å². The second kappa shape index (κ2) is 8.79. The number of ether oxygens (including phenoxy) is 1. The van der Waals surface area contributed by atoms with Crippen LogP contribution < -0.4 is 10.1 Å². The smallest absolute Gasteiger partial charge is 0.223 e. The largest absolute Gasteiger partial charge is 0.493 e. The van der Waals surface area contributed by atoms with E-state index in [1.165, 1.54) is 19.4 Å². The molecule has 0 radical (unpaired) electrons. The number of hydrogen-bond donors (Lipinski definition) is 1. The van der Waals surface area contributed by atoms with Crippen LogP contribution >= 0.6 is 0 Å². The van der Waals surface area contributed by atoms with Crippen LogP contribution in [0.25, 0.3) is 0 Å². The van der Waals surface area contributed by atoms with Crippen molar-refractivity contribution in [1.29, 1.82) is 0 Å². The number of carbonyl (C=O) groups is 1. The second-order valence-electron chi connectivity index (χ2n) is 6.31. The minimum atomic E-state index is 0.0811. The number of piperidine rings is 1. The van der Waals surface area contributed by atoms with Gasteiger partial charge in [0.15, 0.2) is 0 Å². The van der Waals surface area contributed by atoms with E-state index in [1.807, 2.05) is 30.3 Å². The Hall–Kier alpha value is -1.55. The van der Waals surface area contributed by atoms with Crippen molar-refractivity contribution in [2.45, 2.75) is 39.2 Å². The number of nitrogens with one attached hydrogen (secondary N) is 1. The van der Waals surface area contributed by atoms with Crippen LogP contribution in [-0.2, 0) is 4.79 Å². The first-order valence-electron chi connectivity index (χ1n) is 8.33. The Morgan fingerprint density at radius 2 is 2.14 bits per heavy atom. The van der Waals surface area contributed by atoms with Gasteiger partial charge in [-0.25, -0.2) is 0 Å². The van der Waals surface area contributed by atoms with Crippen LogP contribution in [0, 0.1) is 5.92 Å². The molecule has 1 saturated heterocycles. The highest BCUT2D eigenvalue weighted by molar-refractivity contribution is 5.75. The minimum absolute atomic E-state index is 0.0811. The molecule has 0 saturated carbocycles. The predicted molar refractivity (Wildman–Crippen MR) is 89.0 cm³/mol. The Labute approximate surface area is 133 Å². The van der Waals surface area contributed by atoms with Gasteiger partial charge in [-0.15, -0.1) is 0 Å². The third-order valence-corrected chi connectivity index (χ3v) is 4.21. The summed E-state index contributed by atoms with van der Waals surface area (Å²) < 4.78 is 5.55. The summed E-state index contributed by atoms with van der Waals surface area (Å²) in [7, 11) is 0. The molecule has 4 nitrogen and oxygen atoms in total. The van der Waals surface area contributed by atoms with E-state index in [0.29, 0.717) is 25.0 Å². The van der Waals surface area contributed by atoms with Crippen molar-refractivity contribution >= 4 is 5.91 Å². The Morgan fingerprint density at radius 3 is 2.86 bits per heavy atom. The monoisotopic (exact) mass is 304 g/mol. The standard InChI is InChI=1S/C18H28N2O2/c1-15(2)20-11-6-7-16(14-20)13-19-18(21)10-12-22-17-8-4-3-5-9-17/h3-5,8-9,15-16H,6-7,10-14H2,1-2H3,(H,19,21). The number of likely N-dealkylation sites (tertiary alicyclic amines) is 1. The molecule has 1 atom stereocenters. The van der Waals surface area contributed by atoms with Gasteiger partial charge in [0.1, 0.15) is 5.75 Å². The summed E-state index contributed by atoms with van der Waals surface area (Å²) in [4.78, 5) is 14.4. The number of nitrogens with zero attached hydrogens (tertiary/aromatic N) is 1. The third-order valence-electron chi connectivity index (χ3n) is 4.21. The second-order valence-corrected chi connectivity index (χ2v) is 6.31. The van der Waals surface area contributed by atoms with Crippen molar-refractivity contribution < 1.29 is 9.53 Å². The summed E-state index contributed by atoms with van der Waals surface area (Å²) >= 11 is 0. The van der Waals surface area contributed by atoms with Crippen LogP contribution in [0.5, 0.6) is 5.75 Å². The molecule has 4 heteroatoms. The number of carbonyl (C=O) groups excluding carboxylic acids is 1. The molecule has 0 bridgehead atoms. The molecule has 1 aliphatic rings. The number of hydrogen-bond acceptors (Lipinski definition) is 3. The Morgan fingerprint density at radius 1 is 1.36 bits per heavy atom. The van der Waals surface area contributed by atoms with E-state index in [0.717, 1.165) is 18.8 Å². The zero-order valence-corrected chi connectivity index (χ0v) is 13.8. The minimum Gasteiger partial charge on any atom is -0.493 e. The molecular weight excluding hydrogens is 276 g/mol. The maximum Gasteiger partial charge on any atom is 0.223 e. The lowest BCUT2D eigenvalue weighted by Gasteiger charge is -2.35. The van der Waals surface area contributed by atoms with Crippen molar-refractivity contribution in [3.05, 3.63) is 30.3 Å². The van der Waals surface area contributed by atoms with E-state index in [1.54, 1.807) is 0 Å². The first kappa shape index (κ1) is 16.8. The third kappa shape index (κ3) is 5.68. The lowest BCUT2D eigenvalue weighted by atomic mass is 9.97. The molecule has 1 N–H and O–H groups in total. The molecule has 1 aliphatic heterocycles. The van der Waals surface area contributed by atoms with Gasteiger partial charge in [-0.1, -0.05) is 18.2 Å². The first-order valence-corrected chi connectivity index (χ1v) is 8.33. The van der Waals surface area contributed by atoms with Crippen molar-refractivity contribution in [3.8, 4) is 5.75 Å². The van der Waals surface area contributed by atoms with Crippen LogP contribution in [0.15, 0.2) is 30.3 Å². The molecule has 0 aliphatic carbocycles. The van der Waals surface area contributed by atoms with Gasteiger partial charge in [-0.2, -0.15) is 0 Å². The molecule has 1 unspecified atom stereocenters. The van der Waals surface area contributed by atoms with E-state index in [2.05, 4.69) is 24.1 Å². The van der Waals surface area contributed by atoms with Gasteiger partial charge in [0.25, 0.3) is 0 Å². The molecule has 0 spiro atoms. The molecule has 1 aromatic rings. The summed E-state index contributed by atoms with van der Waals surface area (Å²) in [5.74, 6) is 1.47. The molecule has 1 heterocycles. The van der Waals surface area contributed by atoms with Crippen LogP contribution in [0.4, 0.5) is 0 Å². The maximum absolute atomic E-state index is 11.9. The van der Waals surface area contributed by atoms with E-state index < -0.39 is 0 Å². The lowest BCUT2D eigenvalue weighted by Crippen LogP contribution is -2.43. The van der Waals surface area contributed by atoms with Crippen molar-refractivity contribution in [2.75, 3.05) is 26.2 Å². The van der Waals surface area contributed by atoms with Crippen LogP contribution in [0.2, 0.25) is 0 Å². The van der Waals surface area contributed by atoms with Gasteiger partial charge in [0.2, 0.25) is 5.91 Å². The van der Waals surface area contributed by atoms with Crippen LogP contribution in [-0.4, -0.2) is 43.1 Å². The normalized spacial score (nSPS) is 19.1. The summed E-state index contributed by atoms with van der Waals surface area (Å²) in [6, 6.07) is 10.2. The summed E-state index contributed by atoms with van der Waals surface area (Å²) in [5.41, 5.74) is 0. The molecule has 22 heavy (non-hydrogen) atoms. The molecule has 122 valence electrons. The Bertz CT molecular complexity index is 448. The highest BCUT2D eigenvalue weighted by atomic mass is 16.5. The fraction of sp³-hybridized carbons (Fsp3) is 0.611. The zero-order chi connectivity index (χ0) is 15.8. The number of para-hydroxylation sites is 1. The lowest BCUT2D eigenvalue weighted by molar-refractivity contribution is -0.121. The van der Waals surface area contributed by atoms with Gasteiger partial charge in [0.05, 0.1) is 13.0 Å². The number of benzene rings is 1. The van der Waals surface area contributed by atoms with Gasteiger partial charge in [-0.05, 0) is 51.3 Å². The topological polar surface area (TPSA) is 41.6 Å². The molecule has 2 rings (SSSR count). The maximum atomic E-state index is 11.9. The predicted octanol–water partition coefficient (Wildman–Crippen LogP) is 2.69. The highest BCUT2D eigenvalue weighted by Crippen LogP contribution is 2.17. The molecular formula is C18H28N2O2. The fourth-order valence-electron chi connectivity index (χ4n) is 2.86. The highest BCUT2D eigenvalue weighted by Gasteiger charge is 2.21. The van der Waals surface area contributed by atoms with Gasteiger partial charge >= 0.3 is 0 Å². The van der Waals surface area contributed by atoms with Crippen LogP contribution in [0.1, 0.15) is 33.1 Å². The van der Waals surface area contributed by atoms with Crippen molar-refractivity contribution in [2.24, 2.45) is 5.92 Å². The molecule has 0 aromatic heterocycles. The number of amides is 1. The van der Waals surface area contributed by atoms with Gasteiger partial charge in [0, 0.05) is 19.1 Å². The number of rotatable bonds is 7. The van der Waals surface area contributed by atoms with E-state index in [9.17, 15) is 4.79 Å². The van der Waals surface area contributed by atoms with Crippen LogP contribution in [0.3, 0.4) is 0 Å². The zero-order valence-electron chi connectivity index (χ0n) is 13.8. The van der Waals surface area contributed by atoms with Gasteiger partial charge < -0.3 is 15.0 Å². The summed E-state index contributed by atoms with van der Waals surface area (Å²) in [6.07, 6.45) is 2.86. The molecule has 1 aromatic carbocycles. The summed E-state index contributed by atoms with van der Waals surface area (Å²) in [5, 5.41) is 3.05. The van der Waals surface area contributed by atoms with E-state index in [4.69, 9.17) is 4.74 Å². The molecule has 1 fully saturated rings. The van der Waals surface area contributed by atoms with E-state index in [-0.39, 0.29) is 5.91 Å². The van der Waals surface area contributed by atoms with Gasteiger partial charge in [-0.3, -0.25) is 4.79 Å². The van der Waals surface area contributed by atoms with E-state index >= 15 is 0 Å². The van der Waals surface area contributed by atoms with Crippen molar-refractivity contribution in [3.63, 3.8) is 0 Å². The average Bonchev–Trinajstić information content (AvgIpc) is 2.54. The Balaban J connectivity index is 1.61. The summed E-state index contributed by atoms with van der Waals surface area (Å²) in [6.45, 7) is 7.97. The average molecular weight is 304 g/mol. The first-order chi connectivity index (χ1) is 10.6. The quantitative estimate of drug-likeness (QED) is 0.842. The SMILES string of the molecule is CC(C)N1CCCC(CNC(=O)CCOc2ccccc2)C1.